The average molecular weight is 155 g/mol. The van der Waals surface area contributed by atoms with Gasteiger partial charge in [0.25, 0.3) is 5.56 Å². The summed E-state index contributed by atoms with van der Waals surface area (Å²) in [5.41, 5.74) is -1.02. The van der Waals surface area contributed by atoms with Gasteiger partial charge >= 0.3 is 5.69 Å². The number of nitrogens with one attached hydrogen (secondary N) is 2. The van der Waals surface area contributed by atoms with Gasteiger partial charge in [-0.25, -0.2) is 4.79 Å². The maximum absolute atomic E-state index is 10.6. The van der Waals surface area contributed by atoms with Crippen LogP contribution in [0.4, 0.5) is 0 Å². The second-order valence-corrected chi connectivity index (χ2v) is 1.79. The zero-order valence-electron chi connectivity index (χ0n) is 5.37. The number of rotatable bonds is 1. The lowest BCUT2D eigenvalue weighted by Crippen LogP contribution is -2.22. The zero-order chi connectivity index (χ0) is 8.27. The molecule has 0 spiro atoms. The molecule has 0 unspecified atom stereocenters. The lowest BCUT2D eigenvalue weighted by Gasteiger charge is -1.87. The SMILES string of the molecule is O=c1cc(/C=N/O)[nH]c(=O)[nH]1. The van der Waals surface area contributed by atoms with Crippen molar-refractivity contribution in [1.29, 1.82) is 0 Å². The summed E-state index contributed by atoms with van der Waals surface area (Å²) in [6.45, 7) is 0. The van der Waals surface area contributed by atoms with Crippen LogP contribution in [0.2, 0.25) is 0 Å². The molecule has 0 bridgehead atoms. The molecule has 0 amide bonds. The van der Waals surface area contributed by atoms with E-state index in [9.17, 15) is 9.59 Å². The van der Waals surface area contributed by atoms with Crippen LogP contribution in [-0.2, 0) is 0 Å². The predicted octanol–water partition coefficient (Wildman–Crippen LogP) is -1.13. The first kappa shape index (κ1) is 7.26. The first-order chi connectivity index (χ1) is 5.22. The number of nitrogens with zero attached hydrogens (tertiary/aromatic N) is 1. The van der Waals surface area contributed by atoms with Gasteiger partial charge in [0.1, 0.15) is 0 Å². The van der Waals surface area contributed by atoms with Gasteiger partial charge in [-0.15, -0.1) is 0 Å². The van der Waals surface area contributed by atoms with Crippen molar-refractivity contribution in [1.82, 2.24) is 9.97 Å². The third-order valence-electron chi connectivity index (χ3n) is 0.978. The van der Waals surface area contributed by atoms with Crippen molar-refractivity contribution >= 4 is 6.21 Å². The molecule has 0 atom stereocenters. The van der Waals surface area contributed by atoms with Crippen LogP contribution in [0.25, 0.3) is 0 Å². The number of H-pyrrole nitrogens is 2. The van der Waals surface area contributed by atoms with Crippen molar-refractivity contribution < 1.29 is 5.21 Å². The van der Waals surface area contributed by atoms with Gasteiger partial charge in [0.05, 0.1) is 11.9 Å². The summed E-state index contributed by atoms with van der Waals surface area (Å²) in [5.74, 6) is 0. The number of hydrogen-bond acceptors (Lipinski definition) is 4. The van der Waals surface area contributed by atoms with Gasteiger partial charge in [-0.05, 0) is 0 Å². The molecule has 0 fully saturated rings. The first-order valence-corrected chi connectivity index (χ1v) is 2.73. The van der Waals surface area contributed by atoms with E-state index < -0.39 is 11.2 Å². The Morgan fingerprint density at radius 1 is 1.45 bits per heavy atom. The van der Waals surface area contributed by atoms with E-state index in [2.05, 4.69) is 10.1 Å². The van der Waals surface area contributed by atoms with E-state index >= 15 is 0 Å². The largest absolute Gasteiger partial charge is 0.411 e. The van der Waals surface area contributed by atoms with Crippen LogP contribution in [0.5, 0.6) is 0 Å². The van der Waals surface area contributed by atoms with Crippen molar-refractivity contribution in [3.05, 3.63) is 32.6 Å². The Balaban J connectivity index is 3.30. The molecule has 0 saturated carbocycles. The molecule has 58 valence electrons. The van der Waals surface area contributed by atoms with Crippen molar-refractivity contribution in [2.75, 3.05) is 0 Å². The minimum atomic E-state index is -0.632. The van der Waals surface area contributed by atoms with Crippen LogP contribution in [0.15, 0.2) is 20.8 Å². The van der Waals surface area contributed by atoms with Crippen LogP contribution < -0.4 is 11.2 Å². The predicted molar refractivity (Wildman–Crippen MR) is 37.1 cm³/mol. The van der Waals surface area contributed by atoms with Crippen LogP contribution in [0.3, 0.4) is 0 Å². The average Bonchev–Trinajstić information content (AvgIpc) is 1.85. The lowest BCUT2D eigenvalue weighted by atomic mass is 10.4. The molecule has 0 aliphatic carbocycles. The van der Waals surface area contributed by atoms with Gasteiger partial charge in [-0.2, -0.15) is 0 Å². The summed E-state index contributed by atoms with van der Waals surface area (Å²) in [4.78, 5) is 25.3. The van der Waals surface area contributed by atoms with Crippen molar-refractivity contribution in [2.24, 2.45) is 5.16 Å². The van der Waals surface area contributed by atoms with E-state index in [4.69, 9.17) is 5.21 Å². The summed E-state index contributed by atoms with van der Waals surface area (Å²) in [7, 11) is 0. The lowest BCUT2D eigenvalue weighted by molar-refractivity contribution is 0.321. The Kier molecular flexibility index (Phi) is 1.86. The Hall–Kier alpha value is -1.85. The molecule has 0 radical (unpaired) electrons. The summed E-state index contributed by atoms with van der Waals surface area (Å²) in [6.07, 6.45) is 0.955. The minimum Gasteiger partial charge on any atom is -0.411 e. The Labute approximate surface area is 60.2 Å². The number of aromatic nitrogens is 2. The van der Waals surface area contributed by atoms with Gasteiger partial charge in [-0.1, -0.05) is 5.16 Å². The van der Waals surface area contributed by atoms with E-state index in [1.165, 1.54) is 0 Å². The summed E-state index contributed by atoms with van der Waals surface area (Å²) in [6, 6.07) is 1.10. The highest BCUT2D eigenvalue weighted by Crippen LogP contribution is 1.75. The topological polar surface area (TPSA) is 98.3 Å². The molecule has 1 heterocycles. The third kappa shape index (κ3) is 1.78. The van der Waals surface area contributed by atoms with Crippen LogP contribution in [0, 0.1) is 0 Å². The van der Waals surface area contributed by atoms with E-state index in [1.54, 1.807) is 0 Å². The Morgan fingerprint density at radius 3 is 2.73 bits per heavy atom. The number of hydrogen-bond donors (Lipinski definition) is 3. The Morgan fingerprint density at radius 2 is 2.18 bits per heavy atom. The number of aromatic amines is 2. The second-order valence-electron chi connectivity index (χ2n) is 1.79. The van der Waals surface area contributed by atoms with Crippen LogP contribution >= 0.6 is 0 Å². The molecule has 6 heteroatoms. The molecular weight excluding hydrogens is 150 g/mol. The van der Waals surface area contributed by atoms with E-state index in [-0.39, 0.29) is 5.69 Å². The highest BCUT2D eigenvalue weighted by atomic mass is 16.4. The van der Waals surface area contributed by atoms with Gasteiger partial charge in [0.2, 0.25) is 0 Å². The molecule has 0 aliphatic heterocycles. The standard InChI is InChI=1S/C5H5N3O3/c9-4-1-3(2-6-11)7-5(10)8-4/h1-2,11H,(H2,7,8,9,10)/b6-2+. The molecule has 0 aliphatic rings. The molecular formula is C5H5N3O3. The molecule has 1 rings (SSSR count). The van der Waals surface area contributed by atoms with Crippen molar-refractivity contribution in [3.63, 3.8) is 0 Å². The molecule has 1 aromatic heterocycles. The van der Waals surface area contributed by atoms with Gasteiger partial charge < -0.3 is 10.2 Å². The van der Waals surface area contributed by atoms with E-state index in [0.29, 0.717) is 0 Å². The maximum atomic E-state index is 10.6. The monoisotopic (exact) mass is 155 g/mol. The second kappa shape index (κ2) is 2.82. The number of oxime groups is 1. The highest BCUT2D eigenvalue weighted by molar-refractivity contribution is 5.75. The van der Waals surface area contributed by atoms with Crippen LogP contribution in [-0.4, -0.2) is 21.4 Å². The molecule has 0 aromatic carbocycles. The molecule has 3 N–H and O–H groups in total. The minimum absolute atomic E-state index is 0.154. The molecule has 1 aromatic rings. The maximum Gasteiger partial charge on any atom is 0.326 e. The molecule has 6 nitrogen and oxygen atoms in total. The fourth-order valence-corrected chi connectivity index (χ4v) is 0.619. The summed E-state index contributed by atoms with van der Waals surface area (Å²) >= 11 is 0. The normalized spacial score (nSPS) is 10.5. The molecule has 11 heavy (non-hydrogen) atoms. The first-order valence-electron chi connectivity index (χ1n) is 2.73. The summed E-state index contributed by atoms with van der Waals surface area (Å²) in [5, 5.41) is 10.7. The van der Waals surface area contributed by atoms with Gasteiger partial charge in [-0.3, -0.25) is 9.78 Å². The van der Waals surface area contributed by atoms with Crippen LogP contribution in [0.1, 0.15) is 5.69 Å². The van der Waals surface area contributed by atoms with Crippen molar-refractivity contribution in [2.45, 2.75) is 0 Å². The molecule has 0 saturated heterocycles. The zero-order valence-corrected chi connectivity index (χ0v) is 5.37. The van der Waals surface area contributed by atoms with Crippen molar-refractivity contribution in [3.8, 4) is 0 Å². The van der Waals surface area contributed by atoms with E-state index in [0.717, 1.165) is 12.3 Å². The fraction of sp³-hybridized carbons (Fsp3) is 0. The third-order valence-corrected chi connectivity index (χ3v) is 0.978. The van der Waals surface area contributed by atoms with E-state index in [1.807, 2.05) is 4.98 Å². The smallest absolute Gasteiger partial charge is 0.326 e. The van der Waals surface area contributed by atoms with Gasteiger partial charge in [0.15, 0.2) is 0 Å². The fourth-order valence-electron chi connectivity index (χ4n) is 0.619. The van der Waals surface area contributed by atoms with Gasteiger partial charge in [0, 0.05) is 6.07 Å². The highest BCUT2D eigenvalue weighted by Gasteiger charge is 1.90. The Bertz CT molecular complexity index is 347. The summed E-state index contributed by atoms with van der Waals surface area (Å²) < 4.78 is 0. The quantitative estimate of drug-likeness (QED) is 0.272.